The summed E-state index contributed by atoms with van der Waals surface area (Å²) >= 11 is 4.15. The lowest BCUT2D eigenvalue weighted by molar-refractivity contribution is -0.117. The van der Waals surface area contributed by atoms with E-state index in [1.807, 2.05) is 18.2 Å². The van der Waals surface area contributed by atoms with Crippen LogP contribution in [0.2, 0.25) is 0 Å². The second kappa shape index (κ2) is 11.9. The smallest absolute Gasteiger partial charge is 0.244 e. The number of ether oxygens (including phenoxy) is 2. The van der Waals surface area contributed by atoms with Crippen LogP contribution in [0.3, 0.4) is 0 Å². The standard InChI is InChI=1S/C21H32N2O3S/c1-16-3-7-18(8-4-16)23-21(24)10-6-17-5-9-19(20(15-17)25-2)26-13-11-22-12-14-27/h5-6,9-10,15-16,18,22,27H,3-4,7-8,11-14H2,1-2H3,(H,23,24). The molecule has 1 fully saturated rings. The van der Waals surface area contributed by atoms with Gasteiger partial charge >= 0.3 is 0 Å². The Kier molecular flexibility index (Phi) is 9.56. The molecule has 27 heavy (non-hydrogen) atoms. The molecule has 0 atom stereocenters. The predicted octanol–water partition coefficient (Wildman–Crippen LogP) is 3.30. The van der Waals surface area contributed by atoms with Crippen LogP contribution in [0, 0.1) is 5.92 Å². The molecule has 6 heteroatoms. The van der Waals surface area contributed by atoms with E-state index in [-0.39, 0.29) is 5.91 Å². The molecule has 150 valence electrons. The van der Waals surface area contributed by atoms with Crippen molar-refractivity contribution in [2.24, 2.45) is 5.92 Å². The molecule has 1 saturated carbocycles. The Balaban J connectivity index is 1.84. The van der Waals surface area contributed by atoms with E-state index in [2.05, 4.69) is 30.2 Å². The van der Waals surface area contributed by atoms with E-state index < -0.39 is 0 Å². The summed E-state index contributed by atoms with van der Waals surface area (Å²) in [6, 6.07) is 5.98. The van der Waals surface area contributed by atoms with Crippen molar-refractivity contribution in [3.63, 3.8) is 0 Å². The molecule has 0 unspecified atom stereocenters. The van der Waals surface area contributed by atoms with Crippen LogP contribution >= 0.6 is 12.6 Å². The molecule has 0 aliphatic heterocycles. The van der Waals surface area contributed by atoms with Crippen molar-refractivity contribution in [3.8, 4) is 11.5 Å². The fourth-order valence-electron chi connectivity index (χ4n) is 3.17. The van der Waals surface area contributed by atoms with E-state index in [9.17, 15) is 4.79 Å². The average molecular weight is 393 g/mol. The Morgan fingerprint density at radius 1 is 1.22 bits per heavy atom. The summed E-state index contributed by atoms with van der Waals surface area (Å²) in [6.07, 6.45) is 7.93. The largest absolute Gasteiger partial charge is 0.493 e. The van der Waals surface area contributed by atoms with Gasteiger partial charge in [0, 0.05) is 31.0 Å². The molecule has 1 amide bonds. The number of nitrogens with one attached hydrogen (secondary N) is 2. The van der Waals surface area contributed by atoms with Crippen LogP contribution in [0.5, 0.6) is 11.5 Å². The third-order valence-electron chi connectivity index (χ3n) is 4.80. The lowest BCUT2D eigenvalue weighted by Crippen LogP contribution is -2.36. The number of rotatable bonds is 10. The SMILES string of the molecule is COc1cc(C=CC(=O)NC2CCC(C)CC2)ccc1OCCNCCS. The van der Waals surface area contributed by atoms with Crippen LogP contribution in [-0.2, 0) is 4.79 Å². The highest BCUT2D eigenvalue weighted by Gasteiger charge is 2.18. The van der Waals surface area contributed by atoms with Gasteiger partial charge in [-0.3, -0.25) is 4.79 Å². The normalized spacial score (nSPS) is 19.8. The van der Waals surface area contributed by atoms with Crippen molar-refractivity contribution in [2.45, 2.75) is 38.6 Å². The van der Waals surface area contributed by atoms with Crippen LogP contribution < -0.4 is 20.1 Å². The molecule has 2 N–H and O–H groups in total. The molecule has 1 aromatic rings. The first-order valence-corrected chi connectivity index (χ1v) is 10.4. The molecule has 0 heterocycles. The van der Waals surface area contributed by atoms with Gasteiger partial charge in [0.1, 0.15) is 6.61 Å². The maximum atomic E-state index is 12.1. The highest BCUT2D eigenvalue weighted by atomic mass is 32.1. The van der Waals surface area contributed by atoms with Crippen molar-refractivity contribution in [2.75, 3.05) is 32.6 Å². The van der Waals surface area contributed by atoms with Gasteiger partial charge in [0.2, 0.25) is 5.91 Å². The zero-order chi connectivity index (χ0) is 19.5. The summed E-state index contributed by atoms with van der Waals surface area (Å²) in [6.45, 7) is 4.44. The van der Waals surface area contributed by atoms with Crippen LogP contribution in [0.1, 0.15) is 38.2 Å². The first kappa shape index (κ1) is 21.6. The van der Waals surface area contributed by atoms with Crippen LogP contribution in [-0.4, -0.2) is 44.5 Å². The topological polar surface area (TPSA) is 59.6 Å². The predicted molar refractivity (Wildman–Crippen MR) is 114 cm³/mol. The molecule has 5 nitrogen and oxygen atoms in total. The Morgan fingerprint density at radius 2 is 2.00 bits per heavy atom. The van der Waals surface area contributed by atoms with Crippen molar-refractivity contribution >= 4 is 24.6 Å². The van der Waals surface area contributed by atoms with Crippen molar-refractivity contribution in [3.05, 3.63) is 29.8 Å². The molecular formula is C21H32N2O3S. The fraction of sp³-hybridized carbons (Fsp3) is 0.571. The van der Waals surface area contributed by atoms with Gasteiger partial charge in [-0.05, 0) is 55.4 Å². The van der Waals surface area contributed by atoms with Crippen molar-refractivity contribution in [1.29, 1.82) is 0 Å². The monoisotopic (exact) mass is 392 g/mol. The number of benzene rings is 1. The maximum absolute atomic E-state index is 12.1. The van der Waals surface area contributed by atoms with Crippen molar-refractivity contribution in [1.82, 2.24) is 10.6 Å². The van der Waals surface area contributed by atoms with Crippen molar-refractivity contribution < 1.29 is 14.3 Å². The summed E-state index contributed by atoms with van der Waals surface area (Å²) in [4.78, 5) is 12.1. The van der Waals surface area contributed by atoms with E-state index in [0.29, 0.717) is 24.1 Å². The Hall–Kier alpha value is -1.66. The highest BCUT2D eigenvalue weighted by Crippen LogP contribution is 2.28. The Morgan fingerprint density at radius 3 is 2.70 bits per heavy atom. The van der Waals surface area contributed by atoms with E-state index in [0.717, 1.165) is 43.2 Å². The zero-order valence-electron chi connectivity index (χ0n) is 16.4. The molecule has 1 aliphatic rings. The van der Waals surface area contributed by atoms with E-state index in [1.54, 1.807) is 19.3 Å². The summed E-state index contributed by atoms with van der Waals surface area (Å²) in [5.74, 6) is 2.90. The third-order valence-corrected chi connectivity index (χ3v) is 5.03. The molecule has 1 aliphatic carbocycles. The Bertz CT molecular complexity index is 613. The van der Waals surface area contributed by atoms with Gasteiger partial charge in [-0.15, -0.1) is 0 Å². The van der Waals surface area contributed by atoms with E-state index in [4.69, 9.17) is 9.47 Å². The minimum atomic E-state index is -0.0379. The van der Waals surface area contributed by atoms with Gasteiger partial charge in [0.05, 0.1) is 7.11 Å². The number of amides is 1. The van der Waals surface area contributed by atoms with Gasteiger partial charge < -0.3 is 20.1 Å². The molecule has 0 radical (unpaired) electrons. The Labute approximate surface area is 168 Å². The fourth-order valence-corrected chi connectivity index (χ4v) is 3.33. The summed E-state index contributed by atoms with van der Waals surface area (Å²) in [7, 11) is 1.62. The zero-order valence-corrected chi connectivity index (χ0v) is 17.3. The number of carbonyl (C=O) groups excluding carboxylic acids is 1. The van der Waals surface area contributed by atoms with Gasteiger partial charge in [-0.25, -0.2) is 0 Å². The summed E-state index contributed by atoms with van der Waals surface area (Å²) < 4.78 is 11.2. The third kappa shape index (κ3) is 7.85. The highest BCUT2D eigenvalue weighted by molar-refractivity contribution is 7.80. The number of hydrogen-bond donors (Lipinski definition) is 3. The quantitative estimate of drug-likeness (QED) is 0.325. The molecular weight excluding hydrogens is 360 g/mol. The lowest BCUT2D eigenvalue weighted by atomic mass is 9.87. The lowest BCUT2D eigenvalue weighted by Gasteiger charge is -2.26. The number of thiol groups is 1. The second-order valence-electron chi connectivity index (χ2n) is 7.03. The molecule has 0 saturated heterocycles. The van der Waals surface area contributed by atoms with Gasteiger partial charge in [-0.2, -0.15) is 12.6 Å². The maximum Gasteiger partial charge on any atom is 0.244 e. The first-order chi connectivity index (χ1) is 13.1. The summed E-state index contributed by atoms with van der Waals surface area (Å²) in [5.41, 5.74) is 0.903. The first-order valence-electron chi connectivity index (χ1n) is 9.73. The summed E-state index contributed by atoms with van der Waals surface area (Å²) in [5, 5.41) is 6.33. The van der Waals surface area contributed by atoms with E-state index in [1.165, 1.54) is 12.8 Å². The second-order valence-corrected chi connectivity index (χ2v) is 7.48. The van der Waals surface area contributed by atoms with E-state index >= 15 is 0 Å². The average Bonchev–Trinajstić information content (AvgIpc) is 2.68. The minimum Gasteiger partial charge on any atom is -0.493 e. The molecule has 0 bridgehead atoms. The van der Waals surface area contributed by atoms with Gasteiger partial charge in [0.25, 0.3) is 0 Å². The van der Waals surface area contributed by atoms with Gasteiger partial charge in [-0.1, -0.05) is 13.0 Å². The molecule has 0 aromatic heterocycles. The minimum absolute atomic E-state index is 0.0379. The molecule has 1 aromatic carbocycles. The van der Waals surface area contributed by atoms with Crippen LogP contribution in [0.4, 0.5) is 0 Å². The number of hydrogen-bond acceptors (Lipinski definition) is 5. The van der Waals surface area contributed by atoms with Gasteiger partial charge in [0.15, 0.2) is 11.5 Å². The number of carbonyl (C=O) groups is 1. The molecule has 2 rings (SSSR count). The number of methoxy groups -OCH3 is 1. The van der Waals surface area contributed by atoms with Crippen LogP contribution in [0.25, 0.3) is 6.08 Å². The van der Waals surface area contributed by atoms with Crippen LogP contribution in [0.15, 0.2) is 24.3 Å². The molecule has 0 spiro atoms.